The van der Waals surface area contributed by atoms with Gasteiger partial charge in [-0.1, -0.05) is 13.8 Å². The first-order valence-corrected chi connectivity index (χ1v) is 7.27. The Balaban J connectivity index is 2.89. The highest BCUT2D eigenvalue weighted by molar-refractivity contribution is 7.18. The van der Waals surface area contributed by atoms with Gasteiger partial charge in [-0.2, -0.15) is 0 Å². The van der Waals surface area contributed by atoms with Gasteiger partial charge in [0.2, 0.25) is 0 Å². The van der Waals surface area contributed by atoms with E-state index in [9.17, 15) is 4.79 Å². The zero-order valence-electron chi connectivity index (χ0n) is 11.4. The number of anilines is 2. The van der Waals surface area contributed by atoms with Crippen LogP contribution >= 0.6 is 11.3 Å². The molecular weight excluding hydrogens is 248 g/mol. The Hall–Kier alpha value is -1.23. The Morgan fingerprint density at radius 3 is 2.44 bits per heavy atom. The molecule has 0 aliphatic carbocycles. The predicted molar refractivity (Wildman–Crippen MR) is 77.5 cm³/mol. The van der Waals surface area contributed by atoms with Gasteiger partial charge in [-0.05, 0) is 25.8 Å². The van der Waals surface area contributed by atoms with Gasteiger partial charge >= 0.3 is 5.97 Å². The maximum atomic E-state index is 11.7. The number of carbonyl (C=O) groups excluding carboxylic acids is 1. The highest BCUT2D eigenvalue weighted by atomic mass is 32.1. The number of nitrogen functional groups attached to an aromatic ring is 1. The van der Waals surface area contributed by atoms with Gasteiger partial charge in [-0.3, -0.25) is 0 Å². The van der Waals surface area contributed by atoms with E-state index in [2.05, 4.69) is 18.7 Å². The summed E-state index contributed by atoms with van der Waals surface area (Å²) in [5.74, 6) is -0.320. The van der Waals surface area contributed by atoms with Gasteiger partial charge in [0.05, 0.1) is 17.3 Å². The van der Waals surface area contributed by atoms with Crippen LogP contribution < -0.4 is 10.6 Å². The van der Waals surface area contributed by atoms with E-state index in [0.29, 0.717) is 17.2 Å². The van der Waals surface area contributed by atoms with Crippen molar-refractivity contribution in [1.82, 2.24) is 0 Å². The Bertz CT molecular complexity index is 384. The van der Waals surface area contributed by atoms with Gasteiger partial charge in [0.15, 0.2) is 0 Å². The molecule has 0 amide bonds. The lowest BCUT2D eigenvalue weighted by atomic mass is 10.3. The van der Waals surface area contributed by atoms with Crippen molar-refractivity contribution in [3.63, 3.8) is 0 Å². The topological polar surface area (TPSA) is 55.6 Å². The molecule has 0 saturated carbocycles. The molecule has 5 heteroatoms. The fraction of sp³-hybridized carbons (Fsp3) is 0.615. The summed E-state index contributed by atoms with van der Waals surface area (Å²) >= 11 is 1.42. The Morgan fingerprint density at radius 1 is 1.33 bits per heavy atom. The molecule has 0 aromatic carbocycles. The maximum Gasteiger partial charge on any atom is 0.350 e. The molecule has 0 saturated heterocycles. The number of rotatable bonds is 7. The van der Waals surface area contributed by atoms with Crippen molar-refractivity contribution < 1.29 is 9.53 Å². The van der Waals surface area contributed by atoms with Gasteiger partial charge in [-0.25, -0.2) is 4.79 Å². The monoisotopic (exact) mass is 270 g/mol. The molecule has 0 radical (unpaired) electrons. The number of hydrogen-bond donors (Lipinski definition) is 1. The van der Waals surface area contributed by atoms with E-state index in [4.69, 9.17) is 10.5 Å². The lowest BCUT2D eigenvalue weighted by Crippen LogP contribution is -2.23. The Morgan fingerprint density at radius 2 is 1.94 bits per heavy atom. The average molecular weight is 270 g/mol. The summed E-state index contributed by atoms with van der Waals surface area (Å²) in [6, 6.07) is 1.88. The van der Waals surface area contributed by atoms with E-state index in [1.54, 1.807) is 6.92 Å². The second kappa shape index (κ2) is 7.26. The Kier molecular flexibility index (Phi) is 5.98. The van der Waals surface area contributed by atoms with Crippen molar-refractivity contribution in [1.29, 1.82) is 0 Å². The normalized spacial score (nSPS) is 10.4. The number of ether oxygens (including phenoxy) is 1. The molecule has 102 valence electrons. The zero-order valence-corrected chi connectivity index (χ0v) is 12.2. The SMILES string of the molecule is CCCN(CCC)c1cc(N)c(C(=O)OCC)s1. The summed E-state index contributed by atoms with van der Waals surface area (Å²) in [4.78, 5) is 14.5. The first-order chi connectivity index (χ1) is 8.63. The molecule has 0 fully saturated rings. The molecule has 0 atom stereocenters. The van der Waals surface area contributed by atoms with Gasteiger partial charge in [0, 0.05) is 13.1 Å². The number of thiophene rings is 1. The lowest BCUT2D eigenvalue weighted by molar-refractivity contribution is 0.0533. The van der Waals surface area contributed by atoms with Gasteiger partial charge in [0.25, 0.3) is 0 Å². The van der Waals surface area contributed by atoms with Crippen LogP contribution in [0, 0.1) is 0 Å². The van der Waals surface area contributed by atoms with E-state index in [0.717, 1.165) is 30.9 Å². The van der Waals surface area contributed by atoms with Crippen LogP contribution in [0.4, 0.5) is 10.7 Å². The van der Waals surface area contributed by atoms with Crippen molar-refractivity contribution in [2.75, 3.05) is 30.3 Å². The highest BCUT2D eigenvalue weighted by Crippen LogP contribution is 2.33. The number of hydrogen-bond acceptors (Lipinski definition) is 5. The minimum Gasteiger partial charge on any atom is -0.462 e. The lowest BCUT2D eigenvalue weighted by Gasteiger charge is -2.21. The third-order valence-corrected chi connectivity index (χ3v) is 3.70. The molecule has 1 aromatic rings. The summed E-state index contributed by atoms with van der Waals surface area (Å²) in [7, 11) is 0. The van der Waals surface area contributed by atoms with Crippen LogP contribution in [-0.4, -0.2) is 25.7 Å². The summed E-state index contributed by atoms with van der Waals surface area (Å²) in [5, 5.41) is 1.05. The van der Waals surface area contributed by atoms with Crippen LogP contribution in [0.2, 0.25) is 0 Å². The molecule has 1 rings (SSSR count). The molecule has 1 aromatic heterocycles. The standard InChI is InChI=1S/C13H22N2O2S/c1-4-7-15(8-5-2)11-9-10(14)12(18-11)13(16)17-6-3/h9H,4-8,14H2,1-3H3. The summed E-state index contributed by atoms with van der Waals surface area (Å²) in [5.41, 5.74) is 6.40. The molecule has 2 N–H and O–H groups in total. The molecule has 1 heterocycles. The van der Waals surface area contributed by atoms with E-state index in [1.165, 1.54) is 11.3 Å². The molecule has 18 heavy (non-hydrogen) atoms. The van der Waals surface area contributed by atoms with Crippen molar-refractivity contribution >= 4 is 28.0 Å². The van der Waals surface area contributed by atoms with Gasteiger partial charge in [0.1, 0.15) is 4.88 Å². The molecule has 0 aliphatic rings. The molecular formula is C13H22N2O2S. The predicted octanol–water partition coefficient (Wildman–Crippen LogP) is 3.13. The summed E-state index contributed by atoms with van der Waals surface area (Å²) < 4.78 is 4.99. The van der Waals surface area contributed by atoms with E-state index >= 15 is 0 Å². The second-order valence-corrected chi connectivity index (χ2v) is 5.11. The number of esters is 1. The van der Waals surface area contributed by atoms with Crippen LogP contribution in [0.25, 0.3) is 0 Å². The minimum absolute atomic E-state index is 0.320. The molecule has 0 aliphatic heterocycles. The van der Waals surface area contributed by atoms with Crippen molar-refractivity contribution in [3.05, 3.63) is 10.9 Å². The fourth-order valence-corrected chi connectivity index (χ4v) is 2.80. The van der Waals surface area contributed by atoms with E-state index < -0.39 is 0 Å². The molecule has 0 bridgehead atoms. The third kappa shape index (κ3) is 3.63. The minimum atomic E-state index is -0.320. The highest BCUT2D eigenvalue weighted by Gasteiger charge is 2.18. The smallest absolute Gasteiger partial charge is 0.350 e. The molecule has 0 unspecified atom stereocenters. The van der Waals surface area contributed by atoms with Crippen molar-refractivity contribution in [3.8, 4) is 0 Å². The van der Waals surface area contributed by atoms with Crippen LogP contribution in [0.3, 0.4) is 0 Å². The van der Waals surface area contributed by atoms with E-state index in [-0.39, 0.29) is 5.97 Å². The van der Waals surface area contributed by atoms with Crippen molar-refractivity contribution in [2.24, 2.45) is 0 Å². The molecule has 4 nitrogen and oxygen atoms in total. The number of carbonyl (C=O) groups is 1. The quantitative estimate of drug-likeness (QED) is 0.773. The molecule has 0 spiro atoms. The Labute approximate surface area is 113 Å². The maximum absolute atomic E-state index is 11.7. The third-order valence-electron chi connectivity index (χ3n) is 2.51. The van der Waals surface area contributed by atoms with Crippen molar-refractivity contribution in [2.45, 2.75) is 33.6 Å². The first kappa shape index (κ1) is 14.8. The van der Waals surface area contributed by atoms with Crippen LogP contribution in [0.1, 0.15) is 43.3 Å². The van der Waals surface area contributed by atoms with E-state index in [1.807, 2.05) is 6.07 Å². The summed E-state index contributed by atoms with van der Waals surface area (Å²) in [6.07, 6.45) is 2.15. The number of nitrogens with two attached hydrogens (primary N) is 1. The number of nitrogens with zero attached hydrogens (tertiary/aromatic N) is 1. The van der Waals surface area contributed by atoms with Crippen LogP contribution in [0.15, 0.2) is 6.07 Å². The van der Waals surface area contributed by atoms with Gasteiger partial charge < -0.3 is 15.4 Å². The largest absolute Gasteiger partial charge is 0.462 e. The fourth-order valence-electron chi connectivity index (χ4n) is 1.78. The first-order valence-electron chi connectivity index (χ1n) is 6.45. The summed E-state index contributed by atoms with van der Waals surface area (Å²) in [6.45, 7) is 8.42. The van der Waals surface area contributed by atoms with Gasteiger partial charge in [-0.15, -0.1) is 11.3 Å². The van der Waals surface area contributed by atoms with Crippen LogP contribution in [-0.2, 0) is 4.74 Å². The zero-order chi connectivity index (χ0) is 13.5. The average Bonchev–Trinajstić information content (AvgIpc) is 2.71. The van der Waals surface area contributed by atoms with Crippen LogP contribution in [0.5, 0.6) is 0 Å². The second-order valence-electron chi connectivity index (χ2n) is 4.08.